The zero-order valence-electron chi connectivity index (χ0n) is 13.0. The molecule has 1 saturated heterocycles. The molecule has 0 spiro atoms. The molecule has 1 aliphatic heterocycles. The number of nitrogens with one attached hydrogen (secondary N) is 1. The molecule has 21 heavy (non-hydrogen) atoms. The molecule has 0 unspecified atom stereocenters. The van der Waals surface area contributed by atoms with Crippen LogP contribution in [0.4, 0.5) is 5.69 Å². The fraction of sp³-hybridized carbons (Fsp3) is 0.529. The van der Waals surface area contributed by atoms with Gasteiger partial charge in [0.2, 0.25) is 5.91 Å². The largest absolute Gasteiger partial charge is 0.324 e. The van der Waals surface area contributed by atoms with Crippen molar-refractivity contribution in [2.45, 2.75) is 33.2 Å². The first kappa shape index (κ1) is 15.5. The van der Waals surface area contributed by atoms with Crippen molar-refractivity contribution in [3.63, 3.8) is 0 Å². The summed E-state index contributed by atoms with van der Waals surface area (Å²) in [5.74, 6) is 1.20. The van der Waals surface area contributed by atoms with Gasteiger partial charge in [-0.2, -0.15) is 5.26 Å². The number of hydrogen-bond donors (Lipinski definition) is 1. The lowest BCUT2D eigenvalue weighted by Crippen LogP contribution is -2.48. The number of piperidine rings is 1. The normalized spacial score (nSPS) is 24.1. The standard InChI is InChI=1S/C17H23N3O/c1-12-8-13(2)11-20(10-12)14(3)17(21)19-16-7-5-4-6-15(16)9-18/h4-7,12-14H,8,10-11H2,1-3H3,(H,19,21)/t12-,13+,14-/m1/s1. The summed E-state index contributed by atoms with van der Waals surface area (Å²) in [5.41, 5.74) is 1.09. The summed E-state index contributed by atoms with van der Waals surface area (Å²) >= 11 is 0. The van der Waals surface area contributed by atoms with Crippen LogP contribution in [-0.2, 0) is 4.79 Å². The molecule has 1 amide bonds. The lowest BCUT2D eigenvalue weighted by molar-refractivity contribution is -0.121. The van der Waals surface area contributed by atoms with Crippen molar-refractivity contribution in [3.05, 3.63) is 29.8 Å². The van der Waals surface area contributed by atoms with Crippen LogP contribution < -0.4 is 5.32 Å². The highest BCUT2D eigenvalue weighted by Gasteiger charge is 2.28. The Hall–Kier alpha value is -1.86. The third-order valence-corrected chi connectivity index (χ3v) is 4.13. The lowest BCUT2D eigenvalue weighted by atomic mass is 9.91. The fourth-order valence-corrected chi connectivity index (χ4v) is 3.12. The lowest BCUT2D eigenvalue weighted by Gasteiger charge is -2.38. The maximum Gasteiger partial charge on any atom is 0.241 e. The van der Waals surface area contributed by atoms with E-state index in [4.69, 9.17) is 5.26 Å². The van der Waals surface area contributed by atoms with Crippen LogP contribution in [0.1, 0.15) is 32.8 Å². The Morgan fingerprint density at radius 3 is 2.57 bits per heavy atom. The van der Waals surface area contributed by atoms with Gasteiger partial charge in [-0.15, -0.1) is 0 Å². The Morgan fingerprint density at radius 2 is 1.95 bits per heavy atom. The Kier molecular flexibility index (Phi) is 4.98. The van der Waals surface area contributed by atoms with E-state index in [9.17, 15) is 4.79 Å². The number of para-hydroxylation sites is 1. The number of rotatable bonds is 3. The molecule has 0 aliphatic carbocycles. The van der Waals surface area contributed by atoms with Crippen molar-refractivity contribution < 1.29 is 4.79 Å². The maximum atomic E-state index is 12.4. The summed E-state index contributed by atoms with van der Waals surface area (Å²) in [6.07, 6.45) is 1.22. The topological polar surface area (TPSA) is 56.1 Å². The van der Waals surface area contributed by atoms with E-state index in [1.54, 1.807) is 18.2 Å². The minimum Gasteiger partial charge on any atom is -0.324 e. The van der Waals surface area contributed by atoms with Gasteiger partial charge in [0, 0.05) is 13.1 Å². The van der Waals surface area contributed by atoms with Crippen LogP contribution in [-0.4, -0.2) is 29.9 Å². The Balaban J connectivity index is 2.04. The minimum atomic E-state index is -0.179. The number of nitriles is 1. The third-order valence-electron chi connectivity index (χ3n) is 4.13. The quantitative estimate of drug-likeness (QED) is 0.929. The van der Waals surface area contributed by atoms with Gasteiger partial charge < -0.3 is 5.32 Å². The average Bonchev–Trinajstić information content (AvgIpc) is 2.46. The number of carbonyl (C=O) groups is 1. The zero-order valence-corrected chi connectivity index (χ0v) is 13.0. The fourth-order valence-electron chi connectivity index (χ4n) is 3.12. The molecule has 4 heteroatoms. The van der Waals surface area contributed by atoms with Crippen LogP contribution in [0.5, 0.6) is 0 Å². The Bertz CT molecular complexity index is 539. The van der Waals surface area contributed by atoms with E-state index in [1.165, 1.54) is 6.42 Å². The second-order valence-electron chi connectivity index (χ2n) is 6.22. The molecule has 1 aliphatic rings. The molecule has 1 aromatic rings. The van der Waals surface area contributed by atoms with Crippen molar-refractivity contribution >= 4 is 11.6 Å². The smallest absolute Gasteiger partial charge is 0.241 e. The monoisotopic (exact) mass is 285 g/mol. The summed E-state index contributed by atoms with van der Waals surface area (Å²) in [6.45, 7) is 8.32. The number of benzene rings is 1. The first-order chi connectivity index (χ1) is 10.0. The molecule has 4 nitrogen and oxygen atoms in total. The van der Waals surface area contributed by atoms with Crippen LogP contribution >= 0.6 is 0 Å². The van der Waals surface area contributed by atoms with Crippen molar-refractivity contribution in [1.29, 1.82) is 5.26 Å². The van der Waals surface area contributed by atoms with Gasteiger partial charge in [-0.3, -0.25) is 9.69 Å². The molecule has 1 fully saturated rings. The molecule has 0 aromatic heterocycles. The molecule has 0 saturated carbocycles. The highest BCUT2D eigenvalue weighted by Crippen LogP contribution is 2.23. The van der Waals surface area contributed by atoms with E-state index in [0.29, 0.717) is 23.1 Å². The Morgan fingerprint density at radius 1 is 1.33 bits per heavy atom. The van der Waals surface area contributed by atoms with E-state index in [0.717, 1.165) is 13.1 Å². The molecule has 1 N–H and O–H groups in total. The van der Waals surface area contributed by atoms with Gasteiger partial charge in [0.1, 0.15) is 6.07 Å². The van der Waals surface area contributed by atoms with Gasteiger partial charge >= 0.3 is 0 Å². The summed E-state index contributed by atoms with van der Waals surface area (Å²) in [6, 6.07) is 9.03. The second kappa shape index (κ2) is 6.73. The van der Waals surface area contributed by atoms with Crippen LogP contribution in [0.3, 0.4) is 0 Å². The summed E-state index contributed by atoms with van der Waals surface area (Å²) in [4.78, 5) is 14.7. The van der Waals surface area contributed by atoms with E-state index in [2.05, 4.69) is 30.1 Å². The highest BCUT2D eigenvalue weighted by molar-refractivity contribution is 5.95. The molecule has 112 valence electrons. The zero-order chi connectivity index (χ0) is 15.4. The predicted molar refractivity (Wildman–Crippen MR) is 83.8 cm³/mol. The van der Waals surface area contributed by atoms with Crippen molar-refractivity contribution in [3.8, 4) is 6.07 Å². The molecule has 1 aromatic carbocycles. The molecule has 3 atom stereocenters. The van der Waals surface area contributed by atoms with Gasteiger partial charge in [0.25, 0.3) is 0 Å². The summed E-state index contributed by atoms with van der Waals surface area (Å²) in [7, 11) is 0. The SMILES string of the molecule is C[C@@H]1C[C@H](C)CN([C@H](C)C(=O)Nc2ccccc2C#N)C1. The van der Waals surface area contributed by atoms with Crippen LogP contribution in [0.25, 0.3) is 0 Å². The van der Waals surface area contributed by atoms with Gasteiger partial charge in [-0.25, -0.2) is 0 Å². The van der Waals surface area contributed by atoms with E-state index < -0.39 is 0 Å². The van der Waals surface area contributed by atoms with Crippen molar-refractivity contribution in [1.82, 2.24) is 4.90 Å². The maximum absolute atomic E-state index is 12.4. The highest BCUT2D eigenvalue weighted by atomic mass is 16.2. The number of anilines is 1. The van der Waals surface area contributed by atoms with Gasteiger partial charge in [0.15, 0.2) is 0 Å². The van der Waals surface area contributed by atoms with Gasteiger partial charge in [-0.05, 0) is 37.3 Å². The summed E-state index contributed by atoms with van der Waals surface area (Å²) in [5, 5.41) is 12.0. The number of likely N-dealkylation sites (tertiary alicyclic amines) is 1. The van der Waals surface area contributed by atoms with Crippen LogP contribution in [0, 0.1) is 23.2 Å². The van der Waals surface area contributed by atoms with E-state index in [1.807, 2.05) is 13.0 Å². The third kappa shape index (κ3) is 3.83. The molecule has 1 heterocycles. The van der Waals surface area contributed by atoms with Crippen LogP contribution in [0.15, 0.2) is 24.3 Å². The van der Waals surface area contributed by atoms with Crippen molar-refractivity contribution in [2.75, 3.05) is 18.4 Å². The van der Waals surface area contributed by atoms with Gasteiger partial charge in [-0.1, -0.05) is 26.0 Å². The summed E-state index contributed by atoms with van der Waals surface area (Å²) < 4.78 is 0. The first-order valence-electron chi connectivity index (χ1n) is 7.55. The molecular formula is C17H23N3O. The minimum absolute atomic E-state index is 0.0426. The number of carbonyl (C=O) groups excluding carboxylic acids is 1. The molecule has 0 bridgehead atoms. The predicted octanol–water partition coefficient (Wildman–Crippen LogP) is 2.86. The first-order valence-corrected chi connectivity index (χ1v) is 7.55. The number of amides is 1. The Labute approximate surface area is 126 Å². The van der Waals surface area contributed by atoms with E-state index in [-0.39, 0.29) is 11.9 Å². The molecule has 2 rings (SSSR count). The molecule has 0 radical (unpaired) electrons. The number of hydrogen-bond acceptors (Lipinski definition) is 3. The molecular weight excluding hydrogens is 262 g/mol. The van der Waals surface area contributed by atoms with Gasteiger partial charge in [0.05, 0.1) is 17.3 Å². The number of nitrogens with zero attached hydrogens (tertiary/aromatic N) is 2. The average molecular weight is 285 g/mol. The van der Waals surface area contributed by atoms with E-state index >= 15 is 0 Å². The van der Waals surface area contributed by atoms with Crippen molar-refractivity contribution in [2.24, 2.45) is 11.8 Å². The van der Waals surface area contributed by atoms with Crippen LogP contribution in [0.2, 0.25) is 0 Å². The second-order valence-corrected chi connectivity index (χ2v) is 6.22.